The van der Waals surface area contributed by atoms with Gasteiger partial charge >= 0.3 is 0 Å². The molecule has 0 aliphatic heterocycles. The number of fused-ring (bicyclic) bond motifs is 1. The third-order valence-electron chi connectivity index (χ3n) is 4.08. The highest BCUT2D eigenvalue weighted by atomic mass is 32.2. The van der Waals surface area contributed by atoms with Gasteiger partial charge in [0.1, 0.15) is 23.9 Å². The summed E-state index contributed by atoms with van der Waals surface area (Å²) in [5.74, 6) is 0.757. The molecule has 1 heterocycles. The number of sulfone groups is 1. The largest absolute Gasteiger partial charge is 0.494 e. The van der Waals surface area contributed by atoms with Gasteiger partial charge < -0.3 is 14.6 Å². The van der Waals surface area contributed by atoms with E-state index in [0.29, 0.717) is 30.9 Å². The van der Waals surface area contributed by atoms with E-state index in [2.05, 4.69) is 10.3 Å². The van der Waals surface area contributed by atoms with E-state index in [4.69, 9.17) is 4.74 Å². The quantitative estimate of drug-likeness (QED) is 0.555. The number of carbonyl (C=O) groups is 1. The molecule has 28 heavy (non-hydrogen) atoms. The molecule has 3 aromatic rings. The van der Waals surface area contributed by atoms with Crippen LogP contribution in [0.2, 0.25) is 0 Å². The fourth-order valence-corrected chi connectivity index (χ4v) is 3.54. The summed E-state index contributed by atoms with van der Waals surface area (Å²) < 4.78 is 30.7. The standard InChI is InChI=1S/C20H23N3O4S/c1-28(25,26)15-19-22-17-10-5-6-11-18(17)23(19)14-20(24)21-12-7-13-27-16-8-3-2-4-9-16/h2-6,8-11H,7,12-15H2,1H3,(H,21,24). The number of hydrogen-bond donors (Lipinski definition) is 1. The number of imidazole rings is 1. The average Bonchev–Trinajstić information content (AvgIpc) is 2.98. The van der Waals surface area contributed by atoms with Gasteiger partial charge in [0.05, 0.1) is 17.6 Å². The summed E-state index contributed by atoms with van der Waals surface area (Å²) in [4.78, 5) is 16.7. The van der Waals surface area contributed by atoms with Gasteiger partial charge in [-0.25, -0.2) is 13.4 Å². The number of nitrogens with zero attached hydrogens (tertiary/aromatic N) is 2. The highest BCUT2D eigenvalue weighted by Gasteiger charge is 2.17. The molecule has 0 aliphatic rings. The highest BCUT2D eigenvalue weighted by Crippen LogP contribution is 2.17. The third-order valence-corrected chi connectivity index (χ3v) is 4.86. The van der Waals surface area contributed by atoms with Gasteiger partial charge in [-0.2, -0.15) is 0 Å². The normalized spacial score (nSPS) is 11.5. The number of para-hydroxylation sites is 3. The van der Waals surface area contributed by atoms with Gasteiger partial charge in [0.25, 0.3) is 0 Å². The molecule has 7 nitrogen and oxygen atoms in total. The lowest BCUT2D eigenvalue weighted by atomic mass is 10.3. The van der Waals surface area contributed by atoms with Crippen LogP contribution in [0.4, 0.5) is 0 Å². The molecule has 0 radical (unpaired) electrons. The molecule has 1 amide bonds. The Morgan fingerprint density at radius 3 is 2.57 bits per heavy atom. The first-order valence-electron chi connectivity index (χ1n) is 8.99. The van der Waals surface area contributed by atoms with E-state index in [1.807, 2.05) is 48.5 Å². The lowest BCUT2D eigenvalue weighted by Gasteiger charge is -2.10. The summed E-state index contributed by atoms with van der Waals surface area (Å²) in [7, 11) is -3.27. The first kappa shape index (κ1) is 19.9. The Labute approximate surface area is 164 Å². The number of rotatable bonds is 9. The fourth-order valence-electron chi connectivity index (χ4n) is 2.85. The maximum atomic E-state index is 12.4. The zero-order valence-electron chi connectivity index (χ0n) is 15.7. The Bertz CT molecular complexity index is 1050. The van der Waals surface area contributed by atoms with Crippen LogP contribution in [0.3, 0.4) is 0 Å². The predicted octanol–water partition coefficient (Wildman–Crippen LogP) is 2.17. The molecule has 3 rings (SSSR count). The van der Waals surface area contributed by atoms with Crippen molar-refractivity contribution in [2.75, 3.05) is 19.4 Å². The molecule has 0 unspecified atom stereocenters. The average molecular weight is 401 g/mol. The summed E-state index contributed by atoms with van der Waals surface area (Å²) in [6.45, 7) is 0.988. The van der Waals surface area contributed by atoms with Crippen molar-refractivity contribution in [1.29, 1.82) is 0 Å². The first-order chi connectivity index (χ1) is 13.4. The minimum Gasteiger partial charge on any atom is -0.494 e. The fraction of sp³-hybridized carbons (Fsp3) is 0.300. The minimum absolute atomic E-state index is 0.0188. The van der Waals surface area contributed by atoms with E-state index in [0.717, 1.165) is 17.5 Å². The molecule has 0 spiro atoms. The molecule has 0 saturated heterocycles. The SMILES string of the molecule is CS(=O)(=O)Cc1nc2ccccc2n1CC(=O)NCCCOc1ccccc1. The highest BCUT2D eigenvalue weighted by molar-refractivity contribution is 7.89. The van der Waals surface area contributed by atoms with Crippen molar-refractivity contribution in [3.8, 4) is 5.75 Å². The number of ether oxygens (including phenoxy) is 1. The Balaban J connectivity index is 1.57. The number of amides is 1. The van der Waals surface area contributed by atoms with Crippen LogP contribution in [0, 0.1) is 0 Å². The van der Waals surface area contributed by atoms with Gasteiger partial charge in [-0.15, -0.1) is 0 Å². The molecular weight excluding hydrogens is 378 g/mol. The van der Waals surface area contributed by atoms with Crippen LogP contribution in [0.1, 0.15) is 12.2 Å². The number of benzene rings is 2. The minimum atomic E-state index is -3.27. The monoisotopic (exact) mass is 401 g/mol. The van der Waals surface area contributed by atoms with Gasteiger partial charge in [0.15, 0.2) is 9.84 Å². The Morgan fingerprint density at radius 1 is 1.11 bits per heavy atom. The summed E-state index contributed by atoms with van der Waals surface area (Å²) in [5, 5.41) is 2.84. The Morgan fingerprint density at radius 2 is 1.82 bits per heavy atom. The second-order valence-corrected chi connectivity index (χ2v) is 8.68. The predicted molar refractivity (Wildman–Crippen MR) is 108 cm³/mol. The van der Waals surface area contributed by atoms with Crippen LogP contribution >= 0.6 is 0 Å². The summed E-state index contributed by atoms with van der Waals surface area (Å²) in [6.07, 6.45) is 1.82. The van der Waals surface area contributed by atoms with Crippen LogP contribution in [0.25, 0.3) is 11.0 Å². The lowest BCUT2D eigenvalue weighted by molar-refractivity contribution is -0.121. The van der Waals surface area contributed by atoms with Crippen molar-refractivity contribution in [3.05, 3.63) is 60.4 Å². The zero-order valence-corrected chi connectivity index (χ0v) is 16.5. The molecule has 0 fully saturated rings. The van der Waals surface area contributed by atoms with Crippen LogP contribution in [0.5, 0.6) is 5.75 Å². The van der Waals surface area contributed by atoms with Crippen LogP contribution in [-0.2, 0) is 26.9 Å². The Kier molecular flexibility index (Phi) is 6.30. The maximum Gasteiger partial charge on any atom is 0.240 e. The third kappa shape index (κ3) is 5.56. The molecular formula is C20H23N3O4S. The molecule has 148 valence electrons. The molecule has 1 aromatic heterocycles. The Hall–Kier alpha value is -2.87. The van der Waals surface area contributed by atoms with Crippen molar-refractivity contribution in [3.63, 3.8) is 0 Å². The zero-order chi connectivity index (χ0) is 20.0. The second-order valence-electron chi connectivity index (χ2n) is 6.54. The van der Waals surface area contributed by atoms with Gasteiger partial charge in [-0.05, 0) is 30.7 Å². The van der Waals surface area contributed by atoms with Gasteiger partial charge in [0, 0.05) is 12.8 Å². The summed E-state index contributed by atoms with van der Waals surface area (Å²) >= 11 is 0. The lowest BCUT2D eigenvalue weighted by Crippen LogP contribution is -2.30. The molecule has 0 atom stereocenters. The van der Waals surface area contributed by atoms with E-state index in [1.54, 1.807) is 10.6 Å². The molecule has 0 bridgehead atoms. The van der Waals surface area contributed by atoms with Gasteiger partial charge in [-0.1, -0.05) is 30.3 Å². The van der Waals surface area contributed by atoms with E-state index in [1.165, 1.54) is 0 Å². The van der Waals surface area contributed by atoms with Crippen molar-refractivity contribution < 1.29 is 17.9 Å². The van der Waals surface area contributed by atoms with Crippen molar-refractivity contribution >= 4 is 26.8 Å². The number of nitrogens with one attached hydrogen (secondary N) is 1. The molecule has 8 heteroatoms. The molecule has 1 N–H and O–H groups in total. The van der Waals surface area contributed by atoms with Crippen molar-refractivity contribution in [2.24, 2.45) is 0 Å². The first-order valence-corrected chi connectivity index (χ1v) is 11.0. The second kappa shape index (κ2) is 8.88. The molecule has 0 aliphatic carbocycles. The van der Waals surface area contributed by atoms with E-state index < -0.39 is 9.84 Å². The van der Waals surface area contributed by atoms with Crippen molar-refractivity contribution in [1.82, 2.24) is 14.9 Å². The van der Waals surface area contributed by atoms with E-state index in [-0.39, 0.29) is 18.2 Å². The van der Waals surface area contributed by atoms with E-state index in [9.17, 15) is 13.2 Å². The topological polar surface area (TPSA) is 90.3 Å². The van der Waals surface area contributed by atoms with Crippen LogP contribution < -0.4 is 10.1 Å². The van der Waals surface area contributed by atoms with Gasteiger partial charge in [0.2, 0.25) is 5.91 Å². The summed E-state index contributed by atoms with van der Waals surface area (Å²) in [6, 6.07) is 16.8. The van der Waals surface area contributed by atoms with Crippen LogP contribution in [-0.4, -0.2) is 43.3 Å². The maximum absolute atomic E-state index is 12.4. The number of hydrogen-bond acceptors (Lipinski definition) is 5. The number of aromatic nitrogens is 2. The molecule has 2 aromatic carbocycles. The van der Waals surface area contributed by atoms with Crippen LogP contribution in [0.15, 0.2) is 54.6 Å². The summed E-state index contributed by atoms with van der Waals surface area (Å²) in [5.41, 5.74) is 1.41. The molecule has 0 saturated carbocycles. The van der Waals surface area contributed by atoms with Crippen molar-refractivity contribution in [2.45, 2.75) is 18.7 Å². The smallest absolute Gasteiger partial charge is 0.240 e. The van der Waals surface area contributed by atoms with Gasteiger partial charge in [-0.3, -0.25) is 4.79 Å². The van der Waals surface area contributed by atoms with E-state index >= 15 is 0 Å². The number of carbonyl (C=O) groups excluding carboxylic acids is 1.